The molecule has 2 aromatic carbocycles. The molecule has 1 atom stereocenters. The lowest BCUT2D eigenvalue weighted by Crippen LogP contribution is -2.38. The van der Waals surface area contributed by atoms with Gasteiger partial charge in [-0.05, 0) is 43.6 Å². The van der Waals surface area contributed by atoms with E-state index in [1.807, 2.05) is 30.3 Å². The van der Waals surface area contributed by atoms with Crippen molar-refractivity contribution in [2.24, 2.45) is 0 Å². The standard InChI is InChI=1S/C21H24ClFN2O2/c22-17-9-6-10-18(23)21(17)19(25-11-4-5-12-25)13-24-20(26)15-27-14-16-7-2-1-3-8-16/h1-3,6-10,19H,4-5,11-15H2,(H,24,26). The van der Waals surface area contributed by atoms with E-state index in [9.17, 15) is 9.18 Å². The Labute approximate surface area is 164 Å². The fourth-order valence-corrected chi connectivity index (χ4v) is 3.68. The molecule has 0 saturated carbocycles. The Balaban J connectivity index is 1.57. The SMILES string of the molecule is O=C(COCc1ccccc1)NCC(c1c(F)cccc1Cl)N1CCCC1. The maximum Gasteiger partial charge on any atom is 0.246 e. The van der Waals surface area contributed by atoms with Crippen LogP contribution < -0.4 is 5.32 Å². The van der Waals surface area contributed by atoms with Gasteiger partial charge in [-0.15, -0.1) is 0 Å². The quantitative estimate of drug-likeness (QED) is 0.742. The number of likely N-dealkylation sites (tertiary alicyclic amines) is 1. The Hall–Kier alpha value is -1.95. The van der Waals surface area contributed by atoms with Gasteiger partial charge in [-0.25, -0.2) is 4.39 Å². The Morgan fingerprint density at radius 3 is 2.59 bits per heavy atom. The number of rotatable bonds is 8. The average Bonchev–Trinajstić information content (AvgIpc) is 3.19. The minimum Gasteiger partial charge on any atom is -0.367 e. The first-order valence-electron chi connectivity index (χ1n) is 9.21. The smallest absolute Gasteiger partial charge is 0.246 e. The van der Waals surface area contributed by atoms with Crippen molar-refractivity contribution in [3.05, 3.63) is 70.5 Å². The molecule has 0 aromatic heterocycles. The molecule has 1 unspecified atom stereocenters. The third-order valence-electron chi connectivity index (χ3n) is 4.75. The predicted octanol–water partition coefficient (Wildman–Crippen LogP) is 3.95. The van der Waals surface area contributed by atoms with Crippen LogP contribution in [-0.2, 0) is 16.1 Å². The molecule has 1 aliphatic rings. The average molecular weight is 391 g/mol. The number of hydrogen-bond donors (Lipinski definition) is 1. The zero-order valence-corrected chi connectivity index (χ0v) is 15.9. The molecule has 1 aliphatic heterocycles. The normalized spacial score (nSPS) is 15.6. The van der Waals surface area contributed by atoms with E-state index in [2.05, 4.69) is 10.2 Å². The number of benzene rings is 2. The summed E-state index contributed by atoms with van der Waals surface area (Å²) in [6, 6.07) is 14.1. The lowest BCUT2D eigenvalue weighted by atomic mass is 10.0. The molecule has 0 bridgehead atoms. The van der Waals surface area contributed by atoms with Crippen LogP contribution >= 0.6 is 11.6 Å². The van der Waals surface area contributed by atoms with Crippen LogP contribution in [0.3, 0.4) is 0 Å². The lowest BCUT2D eigenvalue weighted by molar-refractivity contribution is -0.126. The van der Waals surface area contributed by atoms with Gasteiger partial charge < -0.3 is 10.1 Å². The van der Waals surface area contributed by atoms with E-state index in [4.69, 9.17) is 16.3 Å². The van der Waals surface area contributed by atoms with Crippen LogP contribution in [0.2, 0.25) is 5.02 Å². The summed E-state index contributed by atoms with van der Waals surface area (Å²) in [6.45, 7) is 2.38. The van der Waals surface area contributed by atoms with Gasteiger partial charge in [-0.3, -0.25) is 9.69 Å². The molecule has 1 heterocycles. The first kappa shape index (κ1) is 19.8. The molecule has 1 amide bonds. The number of ether oxygens (including phenoxy) is 1. The second-order valence-electron chi connectivity index (χ2n) is 6.68. The number of carbonyl (C=O) groups excluding carboxylic acids is 1. The van der Waals surface area contributed by atoms with E-state index < -0.39 is 0 Å². The van der Waals surface area contributed by atoms with Gasteiger partial charge in [-0.2, -0.15) is 0 Å². The van der Waals surface area contributed by atoms with E-state index in [0.29, 0.717) is 23.7 Å². The maximum absolute atomic E-state index is 14.4. The van der Waals surface area contributed by atoms with Gasteiger partial charge in [0.05, 0.1) is 12.6 Å². The van der Waals surface area contributed by atoms with Gasteiger partial charge in [0.2, 0.25) is 5.91 Å². The fourth-order valence-electron chi connectivity index (χ4n) is 3.39. The molecule has 3 rings (SSSR count). The van der Waals surface area contributed by atoms with Crippen molar-refractivity contribution in [2.75, 3.05) is 26.2 Å². The summed E-state index contributed by atoms with van der Waals surface area (Å²) in [4.78, 5) is 14.3. The number of nitrogens with one attached hydrogen (secondary N) is 1. The summed E-state index contributed by atoms with van der Waals surface area (Å²) >= 11 is 6.27. The second kappa shape index (κ2) is 9.83. The van der Waals surface area contributed by atoms with Crippen LogP contribution in [0, 0.1) is 5.82 Å². The first-order valence-corrected chi connectivity index (χ1v) is 9.59. The van der Waals surface area contributed by atoms with Gasteiger partial charge in [-0.1, -0.05) is 48.0 Å². The summed E-state index contributed by atoms with van der Waals surface area (Å²) in [5, 5.41) is 3.26. The van der Waals surface area contributed by atoms with Crippen molar-refractivity contribution >= 4 is 17.5 Å². The van der Waals surface area contributed by atoms with E-state index in [0.717, 1.165) is 31.5 Å². The summed E-state index contributed by atoms with van der Waals surface area (Å²) in [6.07, 6.45) is 2.13. The van der Waals surface area contributed by atoms with E-state index in [1.54, 1.807) is 12.1 Å². The number of hydrogen-bond acceptors (Lipinski definition) is 3. The maximum atomic E-state index is 14.4. The van der Waals surface area contributed by atoms with Crippen LogP contribution in [0.15, 0.2) is 48.5 Å². The van der Waals surface area contributed by atoms with Crippen molar-refractivity contribution in [3.8, 4) is 0 Å². The molecule has 1 fully saturated rings. The van der Waals surface area contributed by atoms with Crippen LogP contribution in [0.5, 0.6) is 0 Å². The topological polar surface area (TPSA) is 41.6 Å². The minimum absolute atomic E-state index is 0.0351. The van der Waals surface area contributed by atoms with Gasteiger partial charge >= 0.3 is 0 Å². The molecule has 1 saturated heterocycles. The summed E-state index contributed by atoms with van der Waals surface area (Å²) < 4.78 is 19.9. The van der Waals surface area contributed by atoms with Crippen molar-refractivity contribution in [1.82, 2.24) is 10.2 Å². The molecule has 144 valence electrons. The van der Waals surface area contributed by atoms with Crippen molar-refractivity contribution in [2.45, 2.75) is 25.5 Å². The van der Waals surface area contributed by atoms with Gasteiger partial charge in [0.25, 0.3) is 0 Å². The number of amides is 1. The second-order valence-corrected chi connectivity index (χ2v) is 7.08. The number of nitrogens with zero attached hydrogens (tertiary/aromatic N) is 1. The highest BCUT2D eigenvalue weighted by Crippen LogP contribution is 2.31. The fraction of sp³-hybridized carbons (Fsp3) is 0.381. The highest BCUT2D eigenvalue weighted by atomic mass is 35.5. The monoisotopic (exact) mass is 390 g/mol. The molecule has 27 heavy (non-hydrogen) atoms. The Morgan fingerprint density at radius 2 is 1.89 bits per heavy atom. The van der Waals surface area contributed by atoms with Crippen LogP contribution in [0.4, 0.5) is 4.39 Å². The molecule has 1 N–H and O–H groups in total. The van der Waals surface area contributed by atoms with Gasteiger partial charge in [0, 0.05) is 17.1 Å². The number of carbonyl (C=O) groups is 1. The van der Waals surface area contributed by atoms with Crippen molar-refractivity contribution < 1.29 is 13.9 Å². The zero-order valence-electron chi connectivity index (χ0n) is 15.2. The summed E-state index contributed by atoms with van der Waals surface area (Å²) in [7, 11) is 0. The van der Waals surface area contributed by atoms with Crippen LogP contribution in [0.1, 0.15) is 30.0 Å². The van der Waals surface area contributed by atoms with Crippen molar-refractivity contribution in [3.63, 3.8) is 0 Å². The highest BCUT2D eigenvalue weighted by molar-refractivity contribution is 6.31. The third kappa shape index (κ3) is 5.51. The largest absolute Gasteiger partial charge is 0.367 e. The molecule has 2 aromatic rings. The summed E-state index contributed by atoms with van der Waals surface area (Å²) in [5.74, 6) is -0.559. The van der Waals surface area contributed by atoms with Crippen LogP contribution in [0.25, 0.3) is 0 Å². The Kier molecular flexibility index (Phi) is 7.21. The highest BCUT2D eigenvalue weighted by Gasteiger charge is 2.28. The molecule has 4 nitrogen and oxygen atoms in total. The van der Waals surface area contributed by atoms with Gasteiger partial charge in [0.15, 0.2) is 0 Å². The molecule has 0 aliphatic carbocycles. The molecular weight excluding hydrogens is 367 g/mol. The molecular formula is C21H24ClFN2O2. The Morgan fingerprint density at radius 1 is 1.15 bits per heavy atom. The lowest BCUT2D eigenvalue weighted by Gasteiger charge is -2.29. The van der Waals surface area contributed by atoms with E-state index in [-0.39, 0.29) is 24.4 Å². The predicted molar refractivity (Wildman–Crippen MR) is 104 cm³/mol. The number of halogens is 2. The molecule has 6 heteroatoms. The van der Waals surface area contributed by atoms with Crippen molar-refractivity contribution in [1.29, 1.82) is 0 Å². The first-order chi connectivity index (χ1) is 13.1. The van der Waals surface area contributed by atoms with Crippen LogP contribution in [-0.4, -0.2) is 37.0 Å². The molecule has 0 radical (unpaired) electrons. The third-order valence-corrected chi connectivity index (χ3v) is 5.08. The summed E-state index contributed by atoms with van der Waals surface area (Å²) in [5.41, 5.74) is 1.46. The van der Waals surface area contributed by atoms with E-state index in [1.165, 1.54) is 6.07 Å². The van der Waals surface area contributed by atoms with Gasteiger partial charge in [0.1, 0.15) is 12.4 Å². The minimum atomic E-state index is -0.339. The molecule has 0 spiro atoms. The zero-order chi connectivity index (χ0) is 19.1. The Bertz CT molecular complexity index is 731. The van der Waals surface area contributed by atoms with E-state index >= 15 is 0 Å².